The summed E-state index contributed by atoms with van der Waals surface area (Å²) < 4.78 is 43.8. The van der Waals surface area contributed by atoms with Crippen LogP contribution in [0.3, 0.4) is 0 Å². The Kier molecular flexibility index (Phi) is 6.77. The van der Waals surface area contributed by atoms with Gasteiger partial charge in [-0.25, -0.2) is 0 Å². The number of rotatable bonds is 8. The fraction of sp³-hybridized carbons (Fsp3) is 0.115. The number of Topliss-reactive ketones (excluding diaryl/α,β-unsaturated/α-hetero) is 1. The van der Waals surface area contributed by atoms with Gasteiger partial charge in [-0.2, -0.15) is 0 Å². The largest absolute Gasteiger partial charge is 0.573 e. The maximum atomic E-state index is 12.9. The zero-order chi connectivity index (χ0) is 25.9. The molecular weight excluding hydrogens is 477 g/mol. The third-order valence-corrected chi connectivity index (χ3v) is 5.33. The lowest BCUT2D eigenvalue weighted by atomic mass is 10.0. The second kappa shape index (κ2) is 9.95. The van der Waals surface area contributed by atoms with E-state index in [0.717, 1.165) is 5.56 Å². The van der Waals surface area contributed by atoms with Crippen LogP contribution in [0.25, 0.3) is 22.0 Å². The number of carboxylic acid groups (broad SMARTS) is 1. The molecule has 0 spiro atoms. The number of carbonyl (C=O) groups excluding carboxylic acids is 2. The number of ketones is 1. The first-order chi connectivity index (χ1) is 17.1. The minimum absolute atomic E-state index is 0.0355. The van der Waals surface area contributed by atoms with Crippen molar-refractivity contribution in [2.75, 3.05) is 6.54 Å². The van der Waals surface area contributed by atoms with E-state index in [4.69, 9.17) is 5.11 Å². The number of hydrogen-bond acceptors (Lipinski definition) is 4. The first-order valence-electron chi connectivity index (χ1n) is 10.7. The molecular formula is C26H19F3N2O5. The van der Waals surface area contributed by atoms with E-state index in [2.05, 4.69) is 10.1 Å². The molecule has 4 aromatic rings. The van der Waals surface area contributed by atoms with Crippen LogP contribution in [0.5, 0.6) is 5.75 Å². The average molecular weight is 496 g/mol. The highest BCUT2D eigenvalue weighted by molar-refractivity contribution is 6.45. The van der Waals surface area contributed by atoms with Gasteiger partial charge in [-0.05, 0) is 41.0 Å². The summed E-state index contributed by atoms with van der Waals surface area (Å²) in [6.45, 7) is -0.333. The molecule has 7 nitrogen and oxygen atoms in total. The molecule has 2 N–H and O–H groups in total. The Morgan fingerprint density at radius 3 is 2.33 bits per heavy atom. The molecule has 1 amide bonds. The molecule has 0 aliphatic heterocycles. The van der Waals surface area contributed by atoms with E-state index >= 15 is 0 Å². The molecule has 0 aliphatic carbocycles. The van der Waals surface area contributed by atoms with Crippen LogP contribution < -0.4 is 10.1 Å². The topological polar surface area (TPSA) is 97.6 Å². The highest BCUT2D eigenvalue weighted by Crippen LogP contribution is 2.32. The van der Waals surface area contributed by atoms with Gasteiger partial charge in [0, 0.05) is 23.6 Å². The lowest BCUT2D eigenvalue weighted by Gasteiger charge is -2.11. The number of hydrogen-bond donors (Lipinski definition) is 2. The van der Waals surface area contributed by atoms with Crippen LogP contribution in [0.4, 0.5) is 13.2 Å². The van der Waals surface area contributed by atoms with Gasteiger partial charge in [-0.3, -0.25) is 14.4 Å². The molecule has 1 heterocycles. The Morgan fingerprint density at radius 2 is 1.64 bits per heavy atom. The minimum atomic E-state index is -4.85. The number of nitrogens with one attached hydrogen (secondary N) is 1. The summed E-state index contributed by atoms with van der Waals surface area (Å²) in [5, 5.41) is 11.2. The quantitative estimate of drug-likeness (QED) is 0.274. The summed E-state index contributed by atoms with van der Waals surface area (Å²) in [4.78, 5) is 36.1. The molecule has 0 fully saturated rings. The number of halogens is 3. The van der Waals surface area contributed by atoms with E-state index in [1.165, 1.54) is 24.4 Å². The Hall–Kier alpha value is -4.60. The number of aliphatic carboxylic acids is 1. The van der Waals surface area contributed by atoms with Crippen LogP contribution in [-0.4, -0.2) is 40.2 Å². The second-order valence-electron chi connectivity index (χ2n) is 7.87. The summed E-state index contributed by atoms with van der Waals surface area (Å²) in [5.74, 6) is -3.71. The van der Waals surface area contributed by atoms with E-state index in [-0.39, 0.29) is 5.56 Å². The number of alkyl halides is 3. The molecule has 0 saturated heterocycles. The molecule has 0 radical (unpaired) electrons. The number of carbonyl (C=O) groups is 3. The van der Waals surface area contributed by atoms with Gasteiger partial charge in [0.05, 0.1) is 5.56 Å². The van der Waals surface area contributed by atoms with Crippen LogP contribution in [-0.2, 0) is 16.1 Å². The minimum Gasteiger partial charge on any atom is -0.480 e. The van der Waals surface area contributed by atoms with Crippen molar-refractivity contribution in [3.05, 3.63) is 90.1 Å². The standard InChI is InChI=1S/C26H19F3N2O5/c27-26(28,29)36-19-8-4-7-17(11-19)18-9-10-22-20(12-18)21(24(34)25(35)30-13-23(32)33)15-31(22)14-16-5-2-1-3-6-16/h1-12,15H,13-14H2,(H,30,35)(H,32,33). The monoisotopic (exact) mass is 496 g/mol. The first-order valence-corrected chi connectivity index (χ1v) is 10.7. The summed E-state index contributed by atoms with van der Waals surface area (Å²) in [6.07, 6.45) is -3.34. The molecule has 1 aromatic heterocycles. The Labute approximate surface area is 202 Å². The first kappa shape index (κ1) is 24.5. The van der Waals surface area contributed by atoms with Gasteiger partial charge in [0.25, 0.3) is 11.7 Å². The van der Waals surface area contributed by atoms with Gasteiger partial charge < -0.3 is 19.7 Å². The fourth-order valence-corrected chi connectivity index (χ4v) is 3.80. The van der Waals surface area contributed by atoms with Gasteiger partial charge in [0.2, 0.25) is 0 Å². The van der Waals surface area contributed by atoms with Crippen molar-refractivity contribution in [1.29, 1.82) is 0 Å². The summed E-state index contributed by atoms with van der Waals surface area (Å²) in [7, 11) is 0. The number of benzene rings is 3. The summed E-state index contributed by atoms with van der Waals surface area (Å²) >= 11 is 0. The van der Waals surface area contributed by atoms with E-state index in [1.807, 2.05) is 30.3 Å². The van der Waals surface area contributed by atoms with E-state index < -0.39 is 36.3 Å². The molecule has 0 aliphatic rings. The van der Waals surface area contributed by atoms with Gasteiger partial charge in [-0.1, -0.05) is 48.5 Å². The van der Waals surface area contributed by atoms with Crippen molar-refractivity contribution in [3.63, 3.8) is 0 Å². The third kappa shape index (κ3) is 5.72. The van der Waals surface area contributed by atoms with Gasteiger partial charge in [-0.15, -0.1) is 13.2 Å². The van der Waals surface area contributed by atoms with Gasteiger partial charge >= 0.3 is 12.3 Å². The predicted molar refractivity (Wildman–Crippen MR) is 125 cm³/mol. The highest BCUT2D eigenvalue weighted by Gasteiger charge is 2.31. The van der Waals surface area contributed by atoms with Crippen molar-refractivity contribution in [2.45, 2.75) is 12.9 Å². The Morgan fingerprint density at radius 1 is 0.917 bits per heavy atom. The molecule has 0 unspecified atom stereocenters. The number of amides is 1. The van der Waals surface area contributed by atoms with Gasteiger partial charge in [0.1, 0.15) is 12.3 Å². The molecule has 36 heavy (non-hydrogen) atoms. The number of aromatic nitrogens is 1. The molecule has 0 bridgehead atoms. The fourth-order valence-electron chi connectivity index (χ4n) is 3.80. The van der Waals surface area contributed by atoms with Gasteiger partial charge in [0.15, 0.2) is 0 Å². The smallest absolute Gasteiger partial charge is 0.480 e. The molecule has 4 rings (SSSR count). The number of carboxylic acids is 1. The van der Waals surface area contributed by atoms with Crippen LogP contribution in [0.15, 0.2) is 79.0 Å². The number of fused-ring (bicyclic) bond motifs is 1. The maximum absolute atomic E-state index is 12.9. The average Bonchev–Trinajstić information content (AvgIpc) is 3.19. The number of nitrogens with zero attached hydrogens (tertiary/aromatic N) is 1. The zero-order valence-corrected chi connectivity index (χ0v) is 18.6. The van der Waals surface area contributed by atoms with Crippen LogP contribution in [0, 0.1) is 0 Å². The molecule has 10 heteroatoms. The zero-order valence-electron chi connectivity index (χ0n) is 18.6. The lowest BCUT2D eigenvalue weighted by Crippen LogP contribution is -2.34. The maximum Gasteiger partial charge on any atom is 0.573 e. The second-order valence-corrected chi connectivity index (χ2v) is 7.87. The Balaban J connectivity index is 1.77. The highest BCUT2D eigenvalue weighted by atomic mass is 19.4. The van der Waals surface area contributed by atoms with Crippen molar-refractivity contribution in [3.8, 4) is 16.9 Å². The van der Waals surface area contributed by atoms with Crippen LogP contribution in [0.2, 0.25) is 0 Å². The van der Waals surface area contributed by atoms with Crippen molar-refractivity contribution in [2.24, 2.45) is 0 Å². The van der Waals surface area contributed by atoms with Crippen LogP contribution in [0.1, 0.15) is 15.9 Å². The van der Waals surface area contributed by atoms with E-state index in [0.29, 0.717) is 28.6 Å². The van der Waals surface area contributed by atoms with Crippen LogP contribution >= 0.6 is 0 Å². The molecule has 0 atom stereocenters. The number of ether oxygens (including phenoxy) is 1. The summed E-state index contributed by atoms with van der Waals surface area (Å²) in [6, 6.07) is 19.8. The van der Waals surface area contributed by atoms with Crippen molar-refractivity contribution >= 4 is 28.6 Å². The van der Waals surface area contributed by atoms with E-state index in [1.54, 1.807) is 28.8 Å². The normalized spacial score (nSPS) is 11.3. The van der Waals surface area contributed by atoms with Crippen molar-refractivity contribution < 1.29 is 37.4 Å². The Bertz CT molecular complexity index is 1450. The lowest BCUT2D eigenvalue weighted by molar-refractivity contribution is -0.274. The van der Waals surface area contributed by atoms with Crippen molar-refractivity contribution in [1.82, 2.24) is 9.88 Å². The summed E-state index contributed by atoms with van der Waals surface area (Å²) in [5.41, 5.74) is 2.48. The molecule has 184 valence electrons. The third-order valence-electron chi connectivity index (χ3n) is 5.33. The molecule has 3 aromatic carbocycles. The SMILES string of the molecule is O=C(O)CNC(=O)C(=O)c1cn(Cc2ccccc2)c2ccc(-c3cccc(OC(F)(F)F)c3)cc12. The molecule has 0 saturated carbocycles. The van der Waals surface area contributed by atoms with E-state index in [9.17, 15) is 27.6 Å². The predicted octanol–water partition coefficient (Wildman–Crippen LogP) is 4.64.